The van der Waals surface area contributed by atoms with Gasteiger partial charge < -0.3 is 9.88 Å². The average molecular weight is 582 g/mol. The minimum atomic E-state index is 0.0882. The summed E-state index contributed by atoms with van der Waals surface area (Å²) in [6.07, 6.45) is 4.01. The maximum absolute atomic E-state index is 4.72. The molecule has 1 N–H and O–H groups in total. The smallest absolute Gasteiger partial charge is 0.133 e. The summed E-state index contributed by atoms with van der Waals surface area (Å²) >= 11 is 1.86. The van der Waals surface area contributed by atoms with Gasteiger partial charge in [-0.05, 0) is 71.3 Å². The number of amidine groups is 1. The predicted octanol–water partition coefficient (Wildman–Crippen LogP) is 10.4. The molecule has 2 aromatic heterocycles. The van der Waals surface area contributed by atoms with Crippen molar-refractivity contribution in [3.8, 4) is 16.8 Å². The van der Waals surface area contributed by atoms with Gasteiger partial charge in [-0.2, -0.15) is 0 Å². The van der Waals surface area contributed by atoms with Crippen molar-refractivity contribution in [2.75, 3.05) is 0 Å². The molecule has 0 aliphatic carbocycles. The molecule has 208 valence electrons. The van der Waals surface area contributed by atoms with E-state index >= 15 is 0 Å². The fourth-order valence-electron chi connectivity index (χ4n) is 6.58. The van der Waals surface area contributed by atoms with E-state index in [-0.39, 0.29) is 6.04 Å². The third-order valence-electron chi connectivity index (χ3n) is 8.69. The molecule has 1 unspecified atom stereocenters. The normalized spacial score (nSPS) is 14.8. The fraction of sp³-hybridized carbons (Fsp3) is 0.0250. The van der Waals surface area contributed by atoms with Crippen molar-refractivity contribution in [3.05, 3.63) is 163 Å². The maximum atomic E-state index is 4.72. The summed E-state index contributed by atoms with van der Waals surface area (Å²) in [6.45, 7) is 0. The number of benzene rings is 6. The van der Waals surface area contributed by atoms with Crippen molar-refractivity contribution < 1.29 is 0 Å². The summed E-state index contributed by atoms with van der Waals surface area (Å²) in [5.41, 5.74) is 8.24. The summed E-state index contributed by atoms with van der Waals surface area (Å²) in [4.78, 5) is 4.72. The van der Waals surface area contributed by atoms with E-state index in [1.807, 2.05) is 23.6 Å². The number of hydrogen-bond donors (Lipinski definition) is 1. The summed E-state index contributed by atoms with van der Waals surface area (Å²) in [6, 6.07) is 50.5. The Morgan fingerprint density at radius 1 is 0.545 bits per heavy atom. The van der Waals surface area contributed by atoms with Crippen LogP contribution in [-0.4, -0.2) is 10.4 Å². The first-order valence-corrected chi connectivity index (χ1v) is 15.7. The zero-order valence-corrected chi connectivity index (χ0v) is 24.6. The van der Waals surface area contributed by atoms with Crippen LogP contribution in [0.25, 0.3) is 58.8 Å². The number of aromatic nitrogens is 1. The second-order valence-electron chi connectivity index (χ2n) is 11.3. The van der Waals surface area contributed by atoms with Crippen LogP contribution in [0.3, 0.4) is 0 Å². The van der Waals surface area contributed by atoms with Crippen LogP contribution in [-0.2, 0) is 0 Å². The van der Waals surface area contributed by atoms with Gasteiger partial charge in [0.05, 0.1) is 17.1 Å². The van der Waals surface area contributed by atoms with Crippen molar-refractivity contribution >= 4 is 59.2 Å². The summed E-state index contributed by atoms with van der Waals surface area (Å²) in [5, 5.41) is 8.78. The van der Waals surface area contributed by atoms with Gasteiger partial charge in [0, 0.05) is 48.4 Å². The van der Waals surface area contributed by atoms with E-state index in [0.717, 1.165) is 17.1 Å². The zero-order valence-electron chi connectivity index (χ0n) is 23.8. The minimum absolute atomic E-state index is 0.0882. The van der Waals surface area contributed by atoms with Crippen molar-refractivity contribution in [3.63, 3.8) is 0 Å². The lowest BCUT2D eigenvalue weighted by Crippen LogP contribution is -2.30. The highest BCUT2D eigenvalue weighted by molar-refractivity contribution is 7.25. The molecule has 3 nitrogen and oxygen atoms in total. The van der Waals surface area contributed by atoms with Crippen molar-refractivity contribution in [1.82, 2.24) is 9.88 Å². The molecule has 0 spiro atoms. The number of para-hydroxylation sites is 1. The standard InChI is InChI=1S/C40H27N3S/c1-2-9-26(10-3-1)35-21-22-41-40(42-35)29-11-8-12-30(23-29)43-36-15-6-4-13-31(36)33-24-27(17-19-37(33)43)28-18-20-39-34(25-28)32-14-5-7-16-38(32)44-39/h1-25,35H,(H,41,42). The fourth-order valence-corrected chi connectivity index (χ4v) is 7.66. The third-order valence-corrected chi connectivity index (χ3v) is 9.85. The Morgan fingerprint density at radius 3 is 2.18 bits per heavy atom. The van der Waals surface area contributed by atoms with Crippen molar-refractivity contribution in [2.45, 2.75) is 6.04 Å². The van der Waals surface area contributed by atoms with Crippen LogP contribution in [0.2, 0.25) is 0 Å². The van der Waals surface area contributed by atoms with Crippen LogP contribution in [0.5, 0.6) is 0 Å². The van der Waals surface area contributed by atoms with Gasteiger partial charge in [-0.3, -0.25) is 0 Å². The van der Waals surface area contributed by atoms with Crippen LogP contribution in [0.15, 0.2) is 157 Å². The average Bonchev–Trinajstić information content (AvgIpc) is 3.64. The highest BCUT2D eigenvalue weighted by atomic mass is 32.1. The van der Waals surface area contributed by atoms with Crippen molar-refractivity contribution in [1.29, 1.82) is 0 Å². The molecule has 9 rings (SSSR count). The molecule has 6 aromatic carbocycles. The van der Waals surface area contributed by atoms with E-state index in [1.165, 1.54) is 58.7 Å². The van der Waals surface area contributed by atoms with E-state index < -0.39 is 0 Å². The third kappa shape index (κ3) is 4.07. The molecule has 4 heteroatoms. The largest absolute Gasteiger partial charge is 0.359 e. The molecule has 0 bridgehead atoms. The quantitative estimate of drug-likeness (QED) is 0.220. The number of fused-ring (bicyclic) bond motifs is 6. The lowest BCUT2D eigenvalue weighted by molar-refractivity contribution is 0.776. The van der Waals surface area contributed by atoms with Gasteiger partial charge >= 0.3 is 0 Å². The lowest BCUT2D eigenvalue weighted by Gasteiger charge is -2.21. The van der Waals surface area contributed by atoms with Crippen LogP contribution < -0.4 is 5.32 Å². The maximum Gasteiger partial charge on any atom is 0.133 e. The molecule has 44 heavy (non-hydrogen) atoms. The van der Waals surface area contributed by atoms with Gasteiger partial charge in [0.2, 0.25) is 0 Å². The first-order chi connectivity index (χ1) is 21.8. The SMILES string of the molecule is C1=CC(c2ccccc2)NC(c2cccc(-n3c4ccccc4c4cc(-c5ccc6sc7ccccc7c6c5)ccc43)c2)=N1. The van der Waals surface area contributed by atoms with E-state index in [4.69, 9.17) is 4.99 Å². The summed E-state index contributed by atoms with van der Waals surface area (Å²) < 4.78 is 5.04. The van der Waals surface area contributed by atoms with E-state index in [9.17, 15) is 0 Å². The van der Waals surface area contributed by atoms with Crippen LogP contribution >= 0.6 is 11.3 Å². The zero-order chi connectivity index (χ0) is 29.0. The van der Waals surface area contributed by atoms with Gasteiger partial charge in [-0.1, -0.05) is 91.0 Å². The molecule has 1 atom stereocenters. The number of aliphatic imine (C=N–C) groups is 1. The molecule has 0 radical (unpaired) electrons. The molecule has 0 saturated heterocycles. The molecule has 0 fully saturated rings. The van der Waals surface area contributed by atoms with Gasteiger partial charge in [-0.15, -0.1) is 11.3 Å². The number of hydrogen-bond acceptors (Lipinski definition) is 3. The molecule has 1 aliphatic heterocycles. The van der Waals surface area contributed by atoms with Crippen molar-refractivity contribution in [2.24, 2.45) is 4.99 Å². The molecule has 0 saturated carbocycles. The Bertz CT molecular complexity index is 2430. The number of thiophene rings is 1. The lowest BCUT2D eigenvalue weighted by atomic mass is 10.0. The van der Waals surface area contributed by atoms with E-state index in [1.54, 1.807) is 0 Å². The highest BCUT2D eigenvalue weighted by Gasteiger charge is 2.17. The predicted molar refractivity (Wildman–Crippen MR) is 187 cm³/mol. The second kappa shape index (κ2) is 10.1. The second-order valence-corrected chi connectivity index (χ2v) is 12.4. The Labute approximate surface area is 259 Å². The minimum Gasteiger partial charge on any atom is -0.359 e. The number of nitrogens with one attached hydrogen (secondary N) is 1. The molecule has 8 aromatic rings. The molecular formula is C40H27N3S. The van der Waals surface area contributed by atoms with E-state index in [0.29, 0.717) is 0 Å². The van der Waals surface area contributed by atoms with Crippen LogP contribution in [0, 0.1) is 0 Å². The monoisotopic (exact) mass is 581 g/mol. The Kier molecular flexibility index (Phi) is 5.75. The number of nitrogens with zero attached hydrogens (tertiary/aromatic N) is 2. The van der Waals surface area contributed by atoms with Crippen LogP contribution in [0.4, 0.5) is 0 Å². The molecule has 1 aliphatic rings. The first-order valence-electron chi connectivity index (χ1n) is 14.9. The summed E-state index contributed by atoms with van der Waals surface area (Å²) in [7, 11) is 0. The summed E-state index contributed by atoms with van der Waals surface area (Å²) in [5.74, 6) is 0.877. The molecular weight excluding hydrogens is 555 g/mol. The van der Waals surface area contributed by atoms with Gasteiger partial charge in [0.25, 0.3) is 0 Å². The molecule has 0 amide bonds. The highest BCUT2D eigenvalue weighted by Crippen LogP contribution is 2.39. The first kappa shape index (κ1) is 25.1. The van der Waals surface area contributed by atoms with E-state index in [2.05, 4.69) is 149 Å². The van der Waals surface area contributed by atoms with Gasteiger partial charge in [0.1, 0.15) is 5.84 Å². The van der Waals surface area contributed by atoms with Gasteiger partial charge in [-0.25, -0.2) is 4.99 Å². The Morgan fingerprint density at radius 2 is 1.27 bits per heavy atom. The van der Waals surface area contributed by atoms with Gasteiger partial charge in [0.15, 0.2) is 0 Å². The Balaban J connectivity index is 1.15. The molecule has 3 heterocycles. The van der Waals surface area contributed by atoms with Crippen LogP contribution in [0.1, 0.15) is 17.2 Å². The Hall–Kier alpha value is -5.45. The topological polar surface area (TPSA) is 29.3 Å². The number of rotatable bonds is 4.